The molecule has 6 nitrogen and oxygen atoms in total. The molecule has 1 amide bonds. The Bertz CT molecular complexity index is 389. The number of benzene rings is 1. The molecule has 6 heteroatoms. The average molecular weight is 195 g/mol. The van der Waals surface area contributed by atoms with E-state index in [1.165, 1.54) is 12.1 Å². The van der Waals surface area contributed by atoms with Gasteiger partial charge in [-0.15, -0.1) is 0 Å². The van der Waals surface area contributed by atoms with Crippen LogP contribution in [0.15, 0.2) is 18.2 Å². The summed E-state index contributed by atoms with van der Waals surface area (Å²) in [6.07, 6.45) is 0. The van der Waals surface area contributed by atoms with Crippen LogP contribution in [0.3, 0.4) is 0 Å². The fourth-order valence-electron chi connectivity index (χ4n) is 1.07. The lowest BCUT2D eigenvalue weighted by Gasteiger charge is -2.04. The Morgan fingerprint density at radius 1 is 1.57 bits per heavy atom. The van der Waals surface area contributed by atoms with Gasteiger partial charge in [-0.1, -0.05) is 0 Å². The lowest BCUT2D eigenvalue weighted by molar-refractivity contribution is -0.384. The van der Waals surface area contributed by atoms with E-state index >= 15 is 0 Å². The van der Waals surface area contributed by atoms with Crippen LogP contribution in [-0.2, 0) is 0 Å². The van der Waals surface area contributed by atoms with Gasteiger partial charge in [-0.2, -0.15) is 0 Å². The van der Waals surface area contributed by atoms with Gasteiger partial charge in [0.1, 0.15) is 0 Å². The minimum absolute atomic E-state index is 0.113. The van der Waals surface area contributed by atoms with Crippen molar-refractivity contribution in [2.75, 3.05) is 12.4 Å². The Hall–Kier alpha value is -2.11. The Morgan fingerprint density at radius 3 is 2.64 bits per heavy atom. The van der Waals surface area contributed by atoms with Gasteiger partial charge in [0.2, 0.25) is 0 Å². The predicted octanol–water partition coefficient (Wildman–Crippen LogP) is 0.735. The van der Waals surface area contributed by atoms with E-state index in [0.717, 1.165) is 6.07 Å². The number of nitro groups is 1. The fraction of sp³-hybridized carbons (Fsp3) is 0.125. The summed E-state index contributed by atoms with van der Waals surface area (Å²) in [5.74, 6) is -0.696. The summed E-state index contributed by atoms with van der Waals surface area (Å²) in [7, 11) is 1.60. The molecule has 0 spiro atoms. The molecule has 0 fully saturated rings. The zero-order chi connectivity index (χ0) is 10.7. The Balaban J connectivity index is 3.27. The van der Waals surface area contributed by atoms with Crippen molar-refractivity contribution in [1.82, 2.24) is 0 Å². The largest absolute Gasteiger partial charge is 0.387 e. The van der Waals surface area contributed by atoms with Crippen molar-refractivity contribution in [3.63, 3.8) is 0 Å². The second-order valence-electron chi connectivity index (χ2n) is 2.60. The SMILES string of the molecule is CNc1ccc([N+](=O)[O-])cc1C(N)=O. The molecule has 0 saturated heterocycles. The maximum Gasteiger partial charge on any atom is 0.270 e. The molecule has 0 aliphatic carbocycles. The van der Waals surface area contributed by atoms with E-state index in [1.807, 2.05) is 0 Å². The lowest BCUT2D eigenvalue weighted by atomic mass is 10.1. The standard InChI is InChI=1S/C8H9N3O3/c1-10-7-3-2-5(11(13)14)4-6(7)8(9)12/h2-4,10H,1H3,(H2,9,12). The second-order valence-corrected chi connectivity index (χ2v) is 2.60. The van der Waals surface area contributed by atoms with E-state index in [0.29, 0.717) is 5.69 Å². The number of amides is 1. The predicted molar refractivity (Wildman–Crippen MR) is 51.2 cm³/mol. The number of carbonyl (C=O) groups is 1. The molecule has 74 valence electrons. The maximum absolute atomic E-state index is 10.9. The first kappa shape index (κ1) is 9.97. The highest BCUT2D eigenvalue weighted by molar-refractivity contribution is 5.99. The quantitative estimate of drug-likeness (QED) is 0.548. The Labute approximate surface area is 79.9 Å². The van der Waals surface area contributed by atoms with Gasteiger partial charge in [0.25, 0.3) is 11.6 Å². The molecule has 0 unspecified atom stereocenters. The zero-order valence-electron chi connectivity index (χ0n) is 7.48. The van der Waals surface area contributed by atoms with Crippen molar-refractivity contribution in [3.8, 4) is 0 Å². The zero-order valence-corrected chi connectivity index (χ0v) is 7.48. The molecule has 0 radical (unpaired) electrons. The monoisotopic (exact) mass is 195 g/mol. The normalized spacial score (nSPS) is 9.50. The fourth-order valence-corrected chi connectivity index (χ4v) is 1.07. The number of anilines is 1. The number of nitrogens with zero attached hydrogens (tertiary/aromatic N) is 1. The van der Waals surface area contributed by atoms with Gasteiger partial charge in [0, 0.05) is 24.9 Å². The van der Waals surface area contributed by atoms with Crippen LogP contribution in [0.2, 0.25) is 0 Å². The van der Waals surface area contributed by atoms with Gasteiger partial charge in [0.15, 0.2) is 0 Å². The molecular weight excluding hydrogens is 186 g/mol. The first-order chi connectivity index (χ1) is 6.56. The highest BCUT2D eigenvalue weighted by Gasteiger charge is 2.13. The number of hydrogen-bond donors (Lipinski definition) is 2. The van der Waals surface area contributed by atoms with Crippen molar-refractivity contribution in [1.29, 1.82) is 0 Å². The molecule has 0 aliphatic rings. The van der Waals surface area contributed by atoms with Gasteiger partial charge < -0.3 is 11.1 Å². The summed E-state index contributed by atoms with van der Waals surface area (Å²) in [6, 6.07) is 3.89. The molecule has 1 aromatic rings. The van der Waals surface area contributed by atoms with Crippen molar-refractivity contribution < 1.29 is 9.72 Å². The van der Waals surface area contributed by atoms with Crippen LogP contribution < -0.4 is 11.1 Å². The lowest BCUT2D eigenvalue weighted by Crippen LogP contribution is -2.13. The molecule has 0 aromatic heterocycles. The Kier molecular flexibility index (Phi) is 2.66. The molecule has 1 aromatic carbocycles. The van der Waals surface area contributed by atoms with Crippen molar-refractivity contribution in [3.05, 3.63) is 33.9 Å². The van der Waals surface area contributed by atoms with Gasteiger partial charge in [-0.25, -0.2) is 0 Å². The van der Waals surface area contributed by atoms with Crippen LogP contribution in [0.5, 0.6) is 0 Å². The van der Waals surface area contributed by atoms with Crippen LogP contribution in [0.25, 0.3) is 0 Å². The topological polar surface area (TPSA) is 98.3 Å². The number of non-ortho nitro benzene ring substituents is 1. The first-order valence-corrected chi connectivity index (χ1v) is 3.82. The van der Waals surface area contributed by atoms with Gasteiger partial charge in [-0.3, -0.25) is 14.9 Å². The van der Waals surface area contributed by atoms with Crippen LogP contribution in [-0.4, -0.2) is 17.9 Å². The van der Waals surface area contributed by atoms with Crippen LogP contribution in [0, 0.1) is 10.1 Å². The molecule has 1 rings (SSSR count). The average Bonchev–Trinajstić information content (AvgIpc) is 2.16. The third-order valence-electron chi connectivity index (χ3n) is 1.75. The van der Waals surface area contributed by atoms with Crippen molar-refractivity contribution in [2.45, 2.75) is 0 Å². The van der Waals surface area contributed by atoms with Crippen LogP contribution >= 0.6 is 0 Å². The second kappa shape index (κ2) is 3.73. The first-order valence-electron chi connectivity index (χ1n) is 3.82. The highest BCUT2D eigenvalue weighted by atomic mass is 16.6. The highest BCUT2D eigenvalue weighted by Crippen LogP contribution is 2.20. The molecule has 0 saturated carbocycles. The van der Waals surface area contributed by atoms with E-state index in [1.54, 1.807) is 7.05 Å². The maximum atomic E-state index is 10.9. The number of nitrogens with two attached hydrogens (primary N) is 1. The molecule has 3 N–H and O–H groups in total. The number of hydrogen-bond acceptors (Lipinski definition) is 4. The van der Waals surface area contributed by atoms with Gasteiger partial charge >= 0.3 is 0 Å². The number of carbonyl (C=O) groups excluding carboxylic acids is 1. The number of primary amides is 1. The summed E-state index contributed by atoms with van der Waals surface area (Å²) < 4.78 is 0. The molecule has 0 heterocycles. The van der Waals surface area contributed by atoms with Gasteiger partial charge in [0.05, 0.1) is 10.5 Å². The minimum atomic E-state index is -0.696. The van der Waals surface area contributed by atoms with Crippen molar-refractivity contribution >= 4 is 17.3 Å². The summed E-state index contributed by atoms with van der Waals surface area (Å²) in [5.41, 5.74) is 5.49. The molecule has 0 atom stereocenters. The summed E-state index contributed by atoms with van der Waals surface area (Å²) in [6.45, 7) is 0. The van der Waals surface area contributed by atoms with E-state index in [9.17, 15) is 14.9 Å². The van der Waals surface area contributed by atoms with E-state index in [-0.39, 0.29) is 11.3 Å². The summed E-state index contributed by atoms with van der Waals surface area (Å²) in [4.78, 5) is 20.7. The van der Waals surface area contributed by atoms with Crippen LogP contribution in [0.1, 0.15) is 10.4 Å². The van der Waals surface area contributed by atoms with Crippen molar-refractivity contribution in [2.24, 2.45) is 5.73 Å². The van der Waals surface area contributed by atoms with E-state index in [2.05, 4.69) is 5.32 Å². The Morgan fingerprint density at radius 2 is 2.21 bits per heavy atom. The van der Waals surface area contributed by atoms with Crippen LogP contribution in [0.4, 0.5) is 11.4 Å². The number of nitro benzene ring substituents is 1. The molecule has 0 aliphatic heterocycles. The third kappa shape index (κ3) is 1.79. The summed E-state index contributed by atoms with van der Waals surface area (Å²) >= 11 is 0. The summed E-state index contributed by atoms with van der Waals surface area (Å²) in [5, 5.41) is 13.1. The molecule has 14 heavy (non-hydrogen) atoms. The molecule has 0 bridgehead atoms. The minimum Gasteiger partial charge on any atom is -0.387 e. The number of rotatable bonds is 3. The molecular formula is C8H9N3O3. The van der Waals surface area contributed by atoms with E-state index in [4.69, 9.17) is 5.73 Å². The third-order valence-corrected chi connectivity index (χ3v) is 1.75. The smallest absolute Gasteiger partial charge is 0.270 e. The van der Waals surface area contributed by atoms with E-state index < -0.39 is 10.8 Å². The number of nitrogens with one attached hydrogen (secondary N) is 1. The van der Waals surface area contributed by atoms with Gasteiger partial charge in [-0.05, 0) is 6.07 Å².